The molecule has 0 fully saturated rings. The third kappa shape index (κ3) is 5.39. The maximum Gasteiger partial charge on any atom is 0.337 e. The van der Waals surface area contributed by atoms with E-state index in [1.54, 1.807) is 24.3 Å². The van der Waals surface area contributed by atoms with E-state index in [1.807, 2.05) is 0 Å². The Balaban J connectivity index is 1.50. The van der Waals surface area contributed by atoms with Gasteiger partial charge in [0.05, 0.1) is 25.1 Å². The van der Waals surface area contributed by atoms with Gasteiger partial charge in [0, 0.05) is 12.2 Å². The number of carbonyl (C=O) groups is 2. The predicted octanol–water partition coefficient (Wildman–Crippen LogP) is 3.63. The molecule has 146 valence electrons. The van der Waals surface area contributed by atoms with E-state index in [0.717, 1.165) is 24.9 Å². The van der Waals surface area contributed by atoms with Crippen LogP contribution in [0, 0.1) is 0 Å². The summed E-state index contributed by atoms with van der Waals surface area (Å²) in [6, 6.07) is 6.80. The minimum Gasteiger partial charge on any atom is -0.465 e. The number of amides is 1. The first-order chi connectivity index (χ1) is 13.7. The summed E-state index contributed by atoms with van der Waals surface area (Å²) in [7, 11) is 1.34. The van der Waals surface area contributed by atoms with Gasteiger partial charge in [-0.15, -0.1) is 0 Å². The van der Waals surface area contributed by atoms with E-state index in [-0.39, 0.29) is 17.6 Å². The largest absolute Gasteiger partial charge is 0.465 e. The number of anilines is 2. The lowest BCUT2D eigenvalue weighted by molar-refractivity contribution is 0.0600. The molecular weight excluding hydrogens is 356 g/mol. The topological polar surface area (TPSA) is 93.2 Å². The summed E-state index contributed by atoms with van der Waals surface area (Å²) >= 11 is 0. The van der Waals surface area contributed by atoms with Crippen molar-refractivity contribution in [2.75, 3.05) is 19.0 Å². The number of hydrogen-bond donors (Lipinski definition) is 2. The van der Waals surface area contributed by atoms with Crippen LogP contribution in [0.25, 0.3) is 0 Å². The molecule has 0 spiro atoms. The van der Waals surface area contributed by atoms with Gasteiger partial charge in [-0.2, -0.15) is 0 Å². The molecule has 2 aromatic rings. The Hall–Kier alpha value is -3.22. The van der Waals surface area contributed by atoms with Crippen molar-refractivity contribution in [3.8, 4) is 0 Å². The highest BCUT2D eigenvalue weighted by atomic mass is 16.5. The molecule has 0 atom stereocenters. The predicted molar refractivity (Wildman–Crippen MR) is 107 cm³/mol. The van der Waals surface area contributed by atoms with Crippen molar-refractivity contribution in [2.45, 2.75) is 32.1 Å². The molecule has 1 aliphatic carbocycles. The van der Waals surface area contributed by atoms with Crippen LogP contribution in [0.1, 0.15) is 53.0 Å². The van der Waals surface area contributed by atoms with Gasteiger partial charge < -0.3 is 15.4 Å². The highest BCUT2D eigenvalue weighted by Gasteiger charge is 2.10. The first-order valence-electron chi connectivity index (χ1n) is 9.39. The van der Waals surface area contributed by atoms with Crippen molar-refractivity contribution in [3.05, 3.63) is 59.6 Å². The van der Waals surface area contributed by atoms with Crippen molar-refractivity contribution in [3.63, 3.8) is 0 Å². The Labute approximate surface area is 164 Å². The third-order valence-electron chi connectivity index (χ3n) is 4.58. The van der Waals surface area contributed by atoms with Gasteiger partial charge in [-0.1, -0.05) is 11.6 Å². The number of esters is 1. The minimum absolute atomic E-state index is 0.224. The van der Waals surface area contributed by atoms with E-state index in [9.17, 15) is 9.59 Å². The minimum atomic E-state index is -0.388. The van der Waals surface area contributed by atoms with Crippen LogP contribution >= 0.6 is 0 Å². The molecule has 28 heavy (non-hydrogen) atoms. The van der Waals surface area contributed by atoms with E-state index in [4.69, 9.17) is 0 Å². The number of ether oxygens (including phenoxy) is 1. The van der Waals surface area contributed by atoms with Crippen LogP contribution in [-0.2, 0) is 4.74 Å². The number of methoxy groups -OCH3 is 1. The molecule has 0 saturated carbocycles. The smallest absolute Gasteiger partial charge is 0.337 e. The first-order valence-corrected chi connectivity index (χ1v) is 9.39. The summed E-state index contributed by atoms with van der Waals surface area (Å²) in [5, 5.41) is 5.97. The zero-order chi connectivity index (χ0) is 19.8. The van der Waals surface area contributed by atoms with Crippen molar-refractivity contribution < 1.29 is 14.3 Å². The van der Waals surface area contributed by atoms with Crippen LogP contribution in [0.2, 0.25) is 0 Å². The number of nitrogens with one attached hydrogen (secondary N) is 2. The molecule has 0 radical (unpaired) electrons. The van der Waals surface area contributed by atoms with E-state index in [2.05, 4.69) is 31.4 Å². The van der Waals surface area contributed by atoms with Crippen molar-refractivity contribution in [1.82, 2.24) is 15.3 Å². The first kappa shape index (κ1) is 19.5. The number of benzene rings is 1. The van der Waals surface area contributed by atoms with Crippen molar-refractivity contribution >= 4 is 23.4 Å². The van der Waals surface area contributed by atoms with Crippen molar-refractivity contribution in [1.29, 1.82) is 0 Å². The lowest BCUT2D eigenvalue weighted by Crippen LogP contribution is -2.26. The van der Waals surface area contributed by atoms with Crippen LogP contribution in [0.3, 0.4) is 0 Å². The second-order valence-electron chi connectivity index (χ2n) is 6.59. The summed E-state index contributed by atoms with van der Waals surface area (Å²) < 4.78 is 4.67. The number of carbonyl (C=O) groups excluding carboxylic acids is 2. The van der Waals surface area contributed by atoms with Gasteiger partial charge in [0.2, 0.25) is 0 Å². The lowest BCUT2D eigenvalue weighted by Gasteiger charge is -2.12. The van der Waals surface area contributed by atoms with Crippen LogP contribution in [0.5, 0.6) is 0 Å². The molecule has 0 bridgehead atoms. The molecule has 0 aliphatic heterocycles. The summed E-state index contributed by atoms with van der Waals surface area (Å²) in [6.07, 6.45) is 10.9. The fourth-order valence-electron chi connectivity index (χ4n) is 3.02. The number of aromatic nitrogens is 2. The molecule has 1 aromatic heterocycles. The standard InChI is InChI=1S/C21H24N4O3/c1-28-21(27)16-7-9-17(10-8-16)25-19-14-23-18(13-24-19)20(26)22-12-11-15-5-3-2-4-6-15/h5,7-10,13-14H,2-4,6,11-12H2,1H3,(H,22,26)(H,24,25). The third-order valence-corrected chi connectivity index (χ3v) is 4.58. The monoisotopic (exact) mass is 380 g/mol. The zero-order valence-electron chi connectivity index (χ0n) is 15.9. The number of hydrogen-bond acceptors (Lipinski definition) is 6. The molecule has 1 aliphatic rings. The van der Waals surface area contributed by atoms with Crippen LogP contribution < -0.4 is 10.6 Å². The van der Waals surface area contributed by atoms with Gasteiger partial charge >= 0.3 is 5.97 Å². The molecule has 0 saturated heterocycles. The lowest BCUT2D eigenvalue weighted by atomic mass is 9.97. The number of allylic oxidation sites excluding steroid dienone is 1. The van der Waals surface area contributed by atoms with Gasteiger partial charge in [-0.3, -0.25) is 4.79 Å². The van der Waals surface area contributed by atoms with E-state index in [0.29, 0.717) is 17.9 Å². The van der Waals surface area contributed by atoms with Crippen LogP contribution in [0.15, 0.2) is 48.3 Å². The Morgan fingerprint density at radius 1 is 1.11 bits per heavy atom. The zero-order valence-corrected chi connectivity index (χ0v) is 15.9. The van der Waals surface area contributed by atoms with Gasteiger partial charge in [-0.05, 0) is 56.4 Å². The quantitative estimate of drug-likeness (QED) is 0.563. The summed E-state index contributed by atoms with van der Waals surface area (Å²) in [6.45, 7) is 0.610. The normalized spacial score (nSPS) is 13.4. The molecule has 7 nitrogen and oxygen atoms in total. The second kappa shape index (κ2) is 9.64. The van der Waals surface area contributed by atoms with Crippen molar-refractivity contribution in [2.24, 2.45) is 0 Å². The van der Waals surface area contributed by atoms with Gasteiger partial charge in [0.1, 0.15) is 11.5 Å². The average Bonchev–Trinajstić information content (AvgIpc) is 2.75. The van der Waals surface area contributed by atoms with Gasteiger partial charge in [-0.25, -0.2) is 14.8 Å². The SMILES string of the molecule is COC(=O)c1ccc(Nc2cnc(C(=O)NCCC3=CCCCC3)cn2)cc1. The molecule has 1 heterocycles. The fourth-order valence-corrected chi connectivity index (χ4v) is 3.02. The second-order valence-corrected chi connectivity index (χ2v) is 6.59. The molecule has 1 aromatic carbocycles. The molecule has 7 heteroatoms. The maximum atomic E-state index is 12.2. The Bertz CT molecular complexity index is 845. The summed E-state index contributed by atoms with van der Waals surface area (Å²) in [5.74, 6) is -0.103. The molecule has 1 amide bonds. The number of nitrogens with zero attached hydrogens (tertiary/aromatic N) is 2. The van der Waals surface area contributed by atoms with Crippen LogP contribution in [0.4, 0.5) is 11.5 Å². The Kier molecular flexibility index (Phi) is 6.73. The average molecular weight is 380 g/mol. The van der Waals surface area contributed by atoms with Crippen LogP contribution in [-0.4, -0.2) is 35.5 Å². The van der Waals surface area contributed by atoms with Gasteiger partial charge in [0.25, 0.3) is 5.91 Å². The molecule has 2 N–H and O–H groups in total. The Morgan fingerprint density at radius 3 is 2.57 bits per heavy atom. The molecular formula is C21H24N4O3. The fraction of sp³-hybridized carbons (Fsp3) is 0.333. The number of rotatable bonds is 7. The van der Waals surface area contributed by atoms with E-state index < -0.39 is 0 Å². The summed E-state index contributed by atoms with van der Waals surface area (Å²) in [4.78, 5) is 32.0. The Morgan fingerprint density at radius 2 is 1.93 bits per heavy atom. The maximum absolute atomic E-state index is 12.2. The molecule has 0 unspecified atom stereocenters. The van der Waals surface area contributed by atoms with Gasteiger partial charge in [0.15, 0.2) is 0 Å². The summed E-state index contributed by atoms with van der Waals surface area (Å²) in [5.41, 5.74) is 2.93. The highest BCUT2D eigenvalue weighted by Crippen LogP contribution is 2.19. The van der Waals surface area contributed by atoms with E-state index in [1.165, 1.54) is 37.9 Å². The van der Waals surface area contributed by atoms with E-state index >= 15 is 0 Å². The molecule has 3 rings (SSSR count). The highest BCUT2D eigenvalue weighted by molar-refractivity contribution is 5.92.